The lowest BCUT2D eigenvalue weighted by atomic mass is 10.2. The summed E-state index contributed by atoms with van der Waals surface area (Å²) in [5, 5.41) is 2.00. The molecule has 1 heterocycles. The molecular formula is C14H18N2O3S. The Labute approximate surface area is 119 Å². The SMILES string of the molecule is CN(C)[n+]1ccccc1.Cc1ccccc1S(=O)(=O)[O-]. The van der Waals surface area contributed by atoms with E-state index >= 15 is 0 Å². The van der Waals surface area contributed by atoms with E-state index in [0.29, 0.717) is 5.56 Å². The zero-order valence-electron chi connectivity index (χ0n) is 11.7. The van der Waals surface area contributed by atoms with Crippen molar-refractivity contribution in [3.8, 4) is 0 Å². The predicted octanol–water partition coefficient (Wildman–Crippen LogP) is 1.07. The molecule has 0 amide bonds. The lowest BCUT2D eigenvalue weighted by Gasteiger charge is -2.08. The van der Waals surface area contributed by atoms with Gasteiger partial charge in [0.2, 0.25) is 0 Å². The van der Waals surface area contributed by atoms with E-state index in [1.807, 2.05) is 54.4 Å². The van der Waals surface area contributed by atoms with Crippen molar-refractivity contribution in [2.75, 3.05) is 19.1 Å². The number of aromatic nitrogens is 1. The van der Waals surface area contributed by atoms with Gasteiger partial charge in [-0.25, -0.2) is 8.42 Å². The molecule has 0 spiro atoms. The number of rotatable bonds is 2. The molecule has 0 saturated heterocycles. The zero-order valence-corrected chi connectivity index (χ0v) is 12.5. The molecule has 0 aliphatic heterocycles. The smallest absolute Gasteiger partial charge is 0.199 e. The van der Waals surface area contributed by atoms with Crippen molar-refractivity contribution in [3.05, 3.63) is 60.4 Å². The number of pyridine rings is 1. The number of hydrogen-bond donors (Lipinski definition) is 0. The molecule has 5 nitrogen and oxygen atoms in total. The maximum atomic E-state index is 10.5. The number of benzene rings is 1. The van der Waals surface area contributed by atoms with Crippen LogP contribution in [0.1, 0.15) is 5.56 Å². The molecule has 1 aromatic heterocycles. The normalized spacial score (nSPS) is 10.4. The number of aryl methyl sites for hydroxylation is 1. The van der Waals surface area contributed by atoms with Crippen molar-refractivity contribution >= 4 is 10.1 Å². The number of nitrogens with zero attached hydrogens (tertiary/aromatic N) is 2. The molecule has 0 radical (unpaired) electrons. The second-order valence-corrected chi connectivity index (χ2v) is 5.67. The Balaban J connectivity index is 0.000000204. The molecule has 2 rings (SSSR count). The molecule has 0 bridgehead atoms. The maximum absolute atomic E-state index is 10.5. The van der Waals surface area contributed by atoms with Crippen molar-refractivity contribution in [3.63, 3.8) is 0 Å². The van der Waals surface area contributed by atoms with Crippen molar-refractivity contribution in [1.82, 2.24) is 0 Å². The van der Waals surface area contributed by atoms with E-state index in [2.05, 4.69) is 0 Å². The third kappa shape index (κ3) is 4.99. The Morgan fingerprint density at radius 1 is 1.00 bits per heavy atom. The van der Waals surface area contributed by atoms with E-state index in [1.54, 1.807) is 19.1 Å². The van der Waals surface area contributed by atoms with Gasteiger partial charge in [0.15, 0.2) is 12.4 Å². The van der Waals surface area contributed by atoms with Gasteiger partial charge in [0.1, 0.15) is 10.1 Å². The van der Waals surface area contributed by atoms with Gasteiger partial charge in [-0.1, -0.05) is 28.9 Å². The van der Waals surface area contributed by atoms with Crippen LogP contribution in [-0.4, -0.2) is 27.1 Å². The summed E-state index contributed by atoms with van der Waals surface area (Å²) >= 11 is 0. The molecule has 0 aliphatic carbocycles. The first-order valence-electron chi connectivity index (χ1n) is 5.98. The largest absolute Gasteiger partial charge is 0.744 e. The van der Waals surface area contributed by atoms with Gasteiger partial charge in [0.25, 0.3) is 0 Å². The summed E-state index contributed by atoms with van der Waals surface area (Å²) in [4.78, 5) is -0.139. The molecule has 6 heteroatoms. The molecule has 0 aliphatic rings. The van der Waals surface area contributed by atoms with E-state index in [-0.39, 0.29) is 4.90 Å². The minimum atomic E-state index is -4.28. The topological polar surface area (TPSA) is 64.3 Å². The lowest BCUT2D eigenvalue weighted by Crippen LogP contribution is -2.51. The molecule has 20 heavy (non-hydrogen) atoms. The van der Waals surface area contributed by atoms with E-state index in [4.69, 9.17) is 0 Å². The van der Waals surface area contributed by atoms with E-state index in [0.717, 1.165) is 0 Å². The maximum Gasteiger partial charge on any atom is 0.199 e. The zero-order chi connectivity index (χ0) is 15.2. The summed E-state index contributed by atoms with van der Waals surface area (Å²) in [5.41, 5.74) is 0.488. The Kier molecular flexibility index (Phi) is 5.66. The first-order valence-corrected chi connectivity index (χ1v) is 7.38. The van der Waals surface area contributed by atoms with Crippen LogP contribution in [0.2, 0.25) is 0 Å². The van der Waals surface area contributed by atoms with Gasteiger partial charge < -0.3 is 4.55 Å². The van der Waals surface area contributed by atoms with Gasteiger partial charge in [-0.05, 0) is 18.6 Å². The van der Waals surface area contributed by atoms with E-state index in [1.165, 1.54) is 12.1 Å². The monoisotopic (exact) mass is 294 g/mol. The van der Waals surface area contributed by atoms with Gasteiger partial charge >= 0.3 is 0 Å². The Morgan fingerprint density at radius 3 is 1.90 bits per heavy atom. The van der Waals surface area contributed by atoms with Gasteiger partial charge in [-0.3, -0.25) is 0 Å². The highest BCUT2D eigenvalue weighted by Crippen LogP contribution is 2.12. The molecule has 0 atom stereocenters. The summed E-state index contributed by atoms with van der Waals surface area (Å²) < 4.78 is 33.5. The Hall–Kier alpha value is -1.92. The van der Waals surface area contributed by atoms with Crippen molar-refractivity contribution in [2.24, 2.45) is 0 Å². The summed E-state index contributed by atoms with van der Waals surface area (Å²) in [6, 6.07) is 12.1. The van der Waals surface area contributed by atoms with Gasteiger partial charge in [-0.2, -0.15) is 5.01 Å². The highest BCUT2D eigenvalue weighted by molar-refractivity contribution is 7.85. The standard InChI is InChI=1S/C7H11N2.C7H8O3S/c1-8(2)9-6-4-3-5-7-9;1-6-4-2-3-5-7(6)11(8,9)10/h3-7H,1-2H3;2-5H,1H3,(H,8,9,10)/q+1;/p-1. The molecular weight excluding hydrogens is 276 g/mol. The minimum Gasteiger partial charge on any atom is -0.744 e. The fourth-order valence-corrected chi connectivity index (χ4v) is 2.20. The lowest BCUT2D eigenvalue weighted by molar-refractivity contribution is -0.687. The highest BCUT2D eigenvalue weighted by Gasteiger charge is 2.02. The molecule has 0 unspecified atom stereocenters. The molecule has 2 aromatic rings. The fraction of sp³-hybridized carbons (Fsp3) is 0.214. The van der Waals surface area contributed by atoms with Crippen LogP contribution in [0.25, 0.3) is 0 Å². The van der Waals surface area contributed by atoms with Gasteiger partial charge in [-0.15, -0.1) is 0 Å². The molecule has 0 N–H and O–H groups in total. The van der Waals surface area contributed by atoms with E-state index < -0.39 is 10.1 Å². The molecule has 0 saturated carbocycles. The van der Waals surface area contributed by atoms with Crippen LogP contribution in [-0.2, 0) is 10.1 Å². The molecule has 1 aromatic carbocycles. The summed E-state index contributed by atoms with van der Waals surface area (Å²) in [5.74, 6) is 0. The van der Waals surface area contributed by atoms with Crippen LogP contribution in [0.15, 0.2) is 59.8 Å². The first kappa shape index (κ1) is 16.1. The van der Waals surface area contributed by atoms with Gasteiger partial charge in [0.05, 0.1) is 19.0 Å². The minimum absolute atomic E-state index is 0.139. The molecule has 0 fully saturated rings. The fourth-order valence-electron chi connectivity index (χ4n) is 1.49. The number of hydrogen-bond acceptors (Lipinski definition) is 4. The first-order chi connectivity index (χ1) is 9.32. The van der Waals surface area contributed by atoms with Crippen LogP contribution >= 0.6 is 0 Å². The third-order valence-electron chi connectivity index (χ3n) is 2.52. The average Bonchev–Trinajstić information content (AvgIpc) is 2.39. The van der Waals surface area contributed by atoms with Crippen molar-refractivity contribution in [1.29, 1.82) is 0 Å². The summed E-state index contributed by atoms with van der Waals surface area (Å²) in [6.07, 6.45) is 4.00. The van der Waals surface area contributed by atoms with Gasteiger partial charge in [0, 0.05) is 12.1 Å². The predicted molar refractivity (Wildman–Crippen MR) is 75.8 cm³/mol. The Morgan fingerprint density at radius 2 is 1.55 bits per heavy atom. The van der Waals surface area contributed by atoms with Crippen LogP contribution in [0.5, 0.6) is 0 Å². The third-order valence-corrected chi connectivity index (χ3v) is 3.52. The van der Waals surface area contributed by atoms with E-state index in [9.17, 15) is 13.0 Å². The second kappa shape index (κ2) is 7.02. The second-order valence-electron chi connectivity index (χ2n) is 4.32. The quantitative estimate of drug-likeness (QED) is 0.614. The van der Waals surface area contributed by atoms with Crippen molar-refractivity contribution in [2.45, 2.75) is 11.8 Å². The average molecular weight is 294 g/mol. The van der Waals surface area contributed by atoms with Crippen LogP contribution in [0.4, 0.5) is 0 Å². The highest BCUT2D eigenvalue weighted by atomic mass is 32.2. The van der Waals surface area contributed by atoms with Crippen LogP contribution in [0.3, 0.4) is 0 Å². The van der Waals surface area contributed by atoms with Crippen LogP contribution < -0.4 is 9.69 Å². The summed E-state index contributed by atoms with van der Waals surface area (Å²) in [7, 11) is -0.283. The Bertz CT molecular complexity index is 640. The van der Waals surface area contributed by atoms with Crippen LogP contribution in [0, 0.1) is 6.92 Å². The van der Waals surface area contributed by atoms with Crippen molar-refractivity contribution < 1.29 is 17.6 Å². The molecule has 108 valence electrons. The summed E-state index contributed by atoms with van der Waals surface area (Å²) in [6.45, 7) is 1.59.